The molecule has 25 heavy (non-hydrogen) atoms. The van der Waals surface area contributed by atoms with Crippen LogP contribution < -0.4 is 15.4 Å². The highest BCUT2D eigenvalue weighted by Crippen LogP contribution is 2.28. The molecular formula is C18H21ClFN3OS. The van der Waals surface area contributed by atoms with Gasteiger partial charge in [-0.2, -0.15) is 0 Å². The van der Waals surface area contributed by atoms with Crippen LogP contribution in [-0.4, -0.2) is 37.8 Å². The molecule has 4 nitrogen and oxygen atoms in total. The van der Waals surface area contributed by atoms with Crippen LogP contribution in [0.15, 0.2) is 42.5 Å². The second-order valence-electron chi connectivity index (χ2n) is 5.68. The molecule has 2 N–H and O–H groups in total. The molecular weight excluding hydrogens is 361 g/mol. The average molecular weight is 382 g/mol. The molecule has 0 aliphatic rings. The fourth-order valence-electron chi connectivity index (χ4n) is 2.44. The second-order valence-corrected chi connectivity index (χ2v) is 6.50. The van der Waals surface area contributed by atoms with Crippen molar-refractivity contribution in [2.24, 2.45) is 0 Å². The van der Waals surface area contributed by atoms with Crippen LogP contribution in [0.4, 0.5) is 10.1 Å². The minimum Gasteiger partial charge on any atom is -0.497 e. The summed E-state index contributed by atoms with van der Waals surface area (Å²) < 4.78 is 19.4. The molecule has 0 saturated carbocycles. The van der Waals surface area contributed by atoms with E-state index in [1.54, 1.807) is 19.2 Å². The van der Waals surface area contributed by atoms with E-state index in [1.165, 1.54) is 6.07 Å². The SMILES string of the molecule is COc1cccc(NC(=S)NC[C@H](c2c(F)cccc2Cl)N(C)C)c1. The molecule has 1 atom stereocenters. The normalized spacial score (nSPS) is 11.9. The summed E-state index contributed by atoms with van der Waals surface area (Å²) in [5, 5.41) is 7.04. The minimum absolute atomic E-state index is 0.265. The molecule has 0 aliphatic heterocycles. The molecule has 7 heteroatoms. The van der Waals surface area contributed by atoms with Gasteiger partial charge in [0, 0.05) is 28.9 Å². The largest absolute Gasteiger partial charge is 0.497 e. The first-order valence-corrected chi connectivity index (χ1v) is 8.50. The molecule has 0 bridgehead atoms. The van der Waals surface area contributed by atoms with Gasteiger partial charge in [-0.1, -0.05) is 23.7 Å². The van der Waals surface area contributed by atoms with Gasteiger partial charge in [-0.15, -0.1) is 0 Å². The maximum Gasteiger partial charge on any atom is 0.170 e. The molecule has 0 amide bonds. The number of benzene rings is 2. The van der Waals surface area contributed by atoms with Crippen LogP contribution in [-0.2, 0) is 0 Å². The smallest absolute Gasteiger partial charge is 0.170 e. The van der Waals surface area contributed by atoms with E-state index in [2.05, 4.69) is 10.6 Å². The Labute approximate surface area is 157 Å². The van der Waals surface area contributed by atoms with Crippen molar-refractivity contribution in [3.05, 3.63) is 58.9 Å². The van der Waals surface area contributed by atoms with Crippen molar-refractivity contribution >= 4 is 34.6 Å². The van der Waals surface area contributed by atoms with Gasteiger partial charge >= 0.3 is 0 Å². The Bertz CT molecular complexity index is 722. The zero-order chi connectivity index (χ0) is 18.4. The Morgan fingerprint density at radius 2 is 2.00 bits per heavy atom. The highest BCUT2D eigenvalue weighted by atomic mass is 35.5. The van der Waals surface area contributed by atoms with Crippen molar-refractivity contribution in [2.45, 2.75) is 6.04 Å². The molecule has 2 aromatic carbocycles. The van der Waals surface area contributed by atoms with Gasteiger partial charge in [-0.3, -0.25) is 0 Å². The topological polar surface area (TPSA) is 36.5 Å². The van der Waals surface area contributed by atoms with Crippen molar-refractivity contribution in [1.29, 1.82) is 0 Å². The number of rotatable bonds is 6. The number of thiocarbonyl (C=S) groups is 1. The first-order chi connectivity index (χ1) is 11.9. The number of ether oxygens (including phenoxy) is 1. The summed E-state index contributed by atoms with van der Waals surface area (Å²) in [5.74, 6) is 0.400. The van der Waals surface area contributed by atoms with Gasteiger partial charge < -0.3 is 20.3 Å². The number of likely N-dealkylation sites (N-methyl/N-ethyl adjacent to an activating group) is 1. The molecule has 0 aliphatic carbocycles. The first-order valence-electron chi connectivity index (χ1n) is 7.71. The van der Waals surface area contributed by atoms with E-state index in [9.17, 15) is 4.39 Å². The number of methoxy groups -OCH3 is 1. The van der Waals surface area contributed by atoms with Crippen molar-refractivity contribution in [3.8, 4) is 5.75 Å². The van der Waals surface area contributed by atoms with Gasteiger partial charge in [0.2, 0.25) is 0 Å². The summed E-state index contributed by atoms with van der Waals surface area (Å²) in [6.07, 6.45) is 0. The maximum absolute atomic E-state index is 14.2. The highest BCUT2D eigenvalue weighted by Gasteiger charge is 2.21. The monoisotopic (exact) mass is 381 g/mol. The van der Waals surface area contributed by atoms with Crippen molar-refractivity contribution in [3.63, 3.8) is 0 Å². The number of hydrogen-bond donors (Lipinski definition) is 2. The standard InChI is InChI=1S/C18H21ClFN3OS/c1-23(2)16(17-14(19)8-5-9-15(17)20)11-21-18(25)22-12-6-4-7-13(10-12)24-3/h4-10,16H,11H2,1-3H3,(H2,21,22,25)/t16-/m1/s1. The van der Waals surface area contributed by atoms with E-state index in [0.29, 0.717) is 22.2 Å². The number of nitrogens with one attached hydrogen (secondary N) is 2. The molecule has 0 unspecified atom stereocenters. The van der Waals surface area contributed by atoms with Crippen LogP contribution in [0.2, 0.25) is 5.02 Å². The molecule has 0 saturated heterocycles. The minimum atomic E-state index is -0.334. The fourth-order valence-corrected chi connectivity index (χ4v) is 2.93. The molecule has 0 aromatic heterocycles. The predicted molar refractivity (Wildman–Crippen MR) is 105 cm³/mol. The van der Waals surface area contributed by atoms with Gasteiger partial charge in [-0.05, 0) is 50.6 Å². The van der Waals surface area contributed by atoms with Gasteiger partial charge in [0.25, 0.3) is 0 Å². The van der Waals surface area contributed by atoms with Crippen LogP contribution in [0.5, 0.6) is 5.75 Å². The Balaban J connectivity index is 2.05. The third-order valence-corrected chi connectivity index (χ3v) is 4.32. The van der Waals surface area contributed by atoms with E-state index >= 15 is 0 Å². The van der Waals surface area contributed by atoms with E-state index in [0.717, 1.165) is 11.4 Å². The van der Waals surface area contributed by atoms with Crippen LogP contribution in [0.25, 0.3) is 0 Å². The number of halogens is 2. The van der Waals surface area contributed by atoms with Crippen LogP contribution in [0.1, 0.15) is 11.6 Å². The summed E-state index contributed by atoms with van der Waals surface area (Å²) in [5.41, 5.74) is 1.26. The second kappa shape index (κ2) is 8.99. The van der Waals surface area contributed by atoms with E-state index < -0.39 is 0 Å². The third kappa shape index (κ3) is 5.29. The molecule has 2 aromatic rings. The quantitative estimate of drug-likeness (QED) is 0.737. The maximum atomic E-state index is 14.2. The first kappa shape index (κ1) is 19.4. The molecule has 134 valence electrons. The lowest BCUT2D eigenvalue weighted by Crippen LogP contribution is -2.37. The summed E-state index contributed by atoms with van der Waals surface area (Å²) in [6, 6.07) is 11.9. The fraction of sp³-hybridized carbons (Fsp3) is 0.278. The molecule has 0 radical (unpaired) electrons. The lowest BCUT2D eigenvalue weighted by Gasteiger charge is -2.27. The van der Waals surface area contributed by atoms with Gasteiger partial charge in [0.1, 0.15) is 11.6 Å². The highest BCUT2D eigenvalue weighted by molar-refractivity contribution is 7.80. The van der Waals surface area contributed by atoms with Gasteiger partial charge in [0.05, 0.1) is 13.2 Å². The van der Waals surface area contributed by atoms with E-state index in [4.69, 9.17) is 28.6 Å². The Hall–Kier alpha value is -1.89. The van der Waals surface area contributed by atoms with E-state index in [1.807, 2.05) is 43.3 Å². The van der Waals surface area contributed by atoms with Crippen LogP contribution >= 0.6 is 23.8 Å². The molecule has 0 fully saturated rings. The van der Waals surface area contributed by atoms with E-state index in [-0.39, 0.29) is 11.9 Å². The van der Waals surface area contributed by atoms with Crippen molar-refractivity contribution in [1.82, 2.24) is 10.2 Å². The lowest BCUT2D eigenvalue weighted by molar-refractivity contribution is 0.292. The van der Waals surface area contributed by atoms with Crippen molar-refractivity contribution < 1.29 is 9.13 Å². The van der Waals surface area contributed by atoms with Gasteiger partial charge in [0.15, 0.2) is 5.11 Å². The zero-order valence-electron chi connectivity index (χ0n) is 14.3. The van der Waals surface area contributed by atoms with Crippen LogP contribution in [0, 0.1) is 5.82 Å². The summed E-state index contributed by atoms with van der Waals surface area (Å²) >= 11 is 11.5. The number of nitrogens with zero attached hydrogens (tertiary/aromatic N) is 1. The zero-order valence-corrected chi connectivity index (χ0v) is 15.9. The Morgan fingerprint density at radius 1 is 1.28 bits per heavy atom. The van der Waals surface area contributed by atoms with Gasteiger partial charge in [-0.25, -0.2) is 4.39 Å². The number of hydrogen-bond acceptors (Lipinski definition) is 3. The Kier molecular flexibility index (Phi) is 6.99. The predicted octanol–water partition coefficient (Wildman–Crippen LogP) is 4.08. The molecule has 0 spiro atoms. The summed E-state index contributed by atoms with van der Waals surface area (Å²) in [4.78, 5) is 1.89. The van der Waals surface area contributed by atoms with Crippen LogP contribution in [0.3, 0.4) is 0 Å². The summed E-state index contributed by atoms with van der Waals surface area (Å²) in [7, 11) is 5.34. The average Bonchev–Trinajstić information content (AvgIpc) is 2.57. The number of anilines is 1. The van der Waals surface area contributed by atoms with Crippen molar-refractivity contribution in [2.75, 3.05) is 33.1 Å². The molecule has 2 rings (SSSR count). The Morgan fingerprint density at radius 3 is 2.64 bits per heavy atom. The third-order valence-electron chi connectivity index (χ3n) is 3.74. The summed E-state index contributed by atoms with van der Waals surface area (Å²) in [6.45, 7) is 0.406. The lowest BCUT2D eigenvalue weighted by atomic mass is 10.1. The molecule has 0 heterocycles.